The van der Waals surface area contributed by atoms with Crippen LogP contribution >= 0.6 is 22.9 Å². The Kier molecular flexibility index (Phi) is 4.27. The van der Waals surface area contributed by atoms with Crippen LogP contribution in [0.25, 0.3) is 10.2 Å². The van der Waals surface area contributed by atoms with Crippen molar-refractivity contribution in [2.24, 2.45) is 0 Å². The van der Waals surface area contributed by atoms with Gasteiger partial charge in [0.25, 0.3) is 5.91 Å². The number of amides is 1. The second-order valence-corrected chi connectivity index (χ2v) is 6.37. The molecule has 0 bridgehead atoms. The number of fused-ring (bicyclic) bond motifs is 1. The van der Waals surface area contributed by atoms with E-state index in [4.69, 9.17) is 17.3 Å². The maximum Gasteiger partial charge on any atom is 0.251 e. The number of hydrogen-bond donors (Lipinski definition) is 2. The number of rotatable bonds is 4. The molecule has 1 aromatic heterocycles. The van der Waals surface area contributed by atoms with E-state index >= 15 is 0 Å². The van der Waals surface area contributed by atoms with Crippen LogP contribution in [0.15, 0.2) is 42.5 Å². The first-order chi connectivity index (χ1) is 10.6. The number of nitrogens with one attached hydrogen (secondary N) is 1. The lowest BCUT2D eigenvalue weighted by Gasteiger charge is -2.06. The van der Waals surface area contributed by atoms with Gasteiger partial charge in [0.05, 0.1) is 10.2 Å². The molecule has 3 aromatic rings. The SMILES string of the molecule is Nc1nc2ccc(C(=O)NCCc3cccc(Cl)c3)cc2s1. The van der Waals surface area contributed by atoms with E-state index in [0.29, 0.717) is 22.3 Å². The number of thiazole rings is 1. The van der Waals surface area contributed by atoms with E-state index in [1.165, 1.54) is 11.3 Å². The monoisotopic (exact) mass is 331 g/mol. The summed E-state index contributed by atoms with van der Waals surface area (Å²) in [5.74, 6) is -0.101. The number of halogens is 1. The van der Waals surface area contributed by atoms with Crippen LogP contribution in [0, 0.1) is 0 Å². The van der Waals surface area contributed by atoms with Gasteiger partial charge in [0.2, 0.25) is 0 Å². The molecule has 0 unspecified atom stereocenters. The van der Waals surface area contributed by atoms with Crippen LogP contribution in [0.1, 0.15) is 15.9 Å². The zero-order valence-corrected chi connectivity index (χ0v) is 13.2. The fourth-order valence-electron chi connectivity index (χ4n) is 2.20. The molecule has 2 aromatic carbocycles. The maximum absolute atomic E-state index is 12.2. The Bertz CT molecular complexity index is 831. The molecule has 0 fully saturated rings. The lowest BCUT2D eigenvalue weighted by molar-refractivity contribution is 0.0954. The highest BCUT2D eigenvalue weighted by atomic mass is 35.5. The summed E-state index contributed by atoms with van der Waals surface area (Å²) in [6.07, 6.45) is 0.738. The highest BCUT2D eigenvalue weighted by Crippen LogP contribution is 2.24. The van der Waals surface area contributed by atoms with Crippen LogP contribution in [-0.4, -0.2) is 17.4 Å². The van der Waals surface area contributed by atoms with Gasteiger partial charge >= 0.3 is 0 Å². The quantitative estimate of drug-likeness (QED) is 0.768. The molecule has 6 heteroatoms. The summed E-state index contributed by atoms with van der Waals surface area (Å²) in [4.78, 5) is 16.3. The molecule has 0 saturated heterocycles. The minimum absolute atomic E-state index is 0.101. The fraction of sp³-hybridized carbons (Fsp3) is 0.125. The number of nitrogens with two attached hydrogens (primary N) is 1. The second kappa shape index (κ2) is 6.34. The van der Waals surface area contributed by atoms with Crippen LogP contribution in [-0.2, 0) is 6.42 Å². The van der Waals surface area contributed by atoms with Crippen LogP contribution < -0.4 is 11.1 Å². The lowest BCUT2D eigenvalue weighted by atomic mass is 10.1. The van der Waals surface area contributed by atoms with E-state index in [2.05, 4.69) is 10.3 Å². The summed E-state index contributed by atoms with van der Waals surface area (Å²) < 4.78 is 0.917. The van der Waals surface area contributed by atoms with Crippen molar-refractivity contribution in [1.29, 1.82) is 0 Å². The average Bonchev–Trinajstić information content (AvgIpc) is 2.86. The number of carbonyl (C=O) groups excluding carboxylic acids is 1. The molecule has 0 saturated carbocycles. The van der Waals surface area contributed by atoms with Crippen molar-refractivity contribution in [2.45, 2.75) is 6.42 Å². The summed E-state index contributed by atoms with van der Waals surface area (Å²) in [7, 11) is 0. The Morgan fingerprint density at radius 2 is 2.14 bits per heavy atom. The number of anilines is 1. The molecule has 0 aliphatic heterocycles. The number of aromatic nitrogens is 1. The number of benzene rings is 2. The molecule has 4 nitrogen and oxygen atoms in total. The van der Waals surface area contributed by atoms with Gasteiger partial charge in [-0.2, -0.15) is 0 Å². The Morgan fingerprint density at radius 1 is 1.27 bits per heavy atom. The molecular formula is C16H14ClN3OS. The fourth-order valence-corrected chi connectivity index (χ4v) is 3.18. The van der Waals surface area contributed by atoms with Crippen molar-refractivity contribution in [3.8, 4) is 0 Å². The smallest absolute Gasteiger partial charge is 0.251 e. The van der Waals surface area contributed by atoms with Crippen LogP contribution in [0.3, 0.4) is 0 Å². The minimum atomic E-state index is -0.101. The van der Waals surface area contributed by atoms with Crippen LogP contribution in [0.5, 0.6) is 0 Å². The predicted octanol–water partition coefficient (Wildman–Crippen LogP) is 3.50. The van der Waals surface area contributed by atoms with Gasteiger partial charge in [-0.05, 0) is 42.3 Å². The molecule has 0 spiro atoms. The lowest BCUT2D eigenvalue weighted by Crippen LogP contribution is -2.25. The molecule has 22 heavy (non-hydrogen) atoms. The largest absolute Gasteiger partial charge is 0.375 e. The van der Waals surface area contributed by atoms with Crippen molar-refractivity contribution in [2.75, 3.05) is 12.3 Å². The summed E-state index contributed by atoms with van der Waals surface area (Å²) in [5, 5.41) is 4.12. The third kappa shape index (κ3) is 3.37. The van der Waals surface area contributed by atoms with E-state index in [1.54, 1.807) is 6.07 Å². The first-order valence-electron chi connectivity index (χ1n) is 6.80. The Morgan fingerprint density at radius 3 is 2.95 bits per heavy atom. The summed E-state index contributed by atoms with van der Waals surface area (Å²) in [6, 6.07) is 13.0. The summed E-state index contributed by atoms with van der Waals surface area (Å²) >= 11 is 7.32. The molecule has 1 amide bonds. The maximum atomic E-state index is 12.2. The van der Waals surface area contributed by atoms with Crippen molar-refractivity contribution in [1.82, 2.24) is 10.3 Å². The Balaban J connectivity index is 1.63. The Labute approximate surface area is 136 Å². The molecule has 1 heterocycles. The van der Waals surface area contributed by atoms with E-state index in [0.717, 1.165) is 22.2 Å². The molecule has 3 N–H and O–H groups in total. The third-order valence-electron chi connectivity index (χ3n) is 3.26. The van der Waals surface area contributed by atoms with Gasteiger partial charge in [-0.3, -0.25) is 4.79 Å². The average molecular weight is 332 g/mol. The van der Waals surface area contributed by atoms with Crippen molar-refractivity contribution in [3.05, 3.63) is 58.6 Å². The first kappa shape index (κ1) is 14.8. The molecule has 112 valence electrons. The molecule has 0 radical (unpaired) electrons. The van der Waals surface area contributed by atoms with E-state index < -0.39 is 0 Å². The molecule has 0 aliphatic carbocycles. The van der Waals surface area contributed by atoms with E-state index in [1.807, 2.05) is 36.4 Å². The topological polar surface area (TPSA) is 68.0 Å². The van der Waals surface area contributed by atoms with Gasteiger partial charge in [-0.25, -0.2) is 4.98 Å². The van der Waals surface area contributed by atoms with E-state index in [-0.39, 0.29) is 5.91 Å². The van der Waals surface area contributed by atoms with E-state index in [9.17, 15) is 4.79 Å². The molecule has 3 rings (SSSR count). The summed E-state index contributed by atoms with van der Waals surface area (Å²) in [5.41, 5.74) is 8.20. The van der Waals surface area contributed by atoms with Gasteiger partial charge in [0, 0.05) is 17.1 Å². The third-order valence-corrected chi connectivity index (χ3v) is 4.34. The van der Waals surface area contributed by atoms with Crippen LogP contribution in [0.4, 0.5) is 5.13 Å². The predicted molar refractivity (Wildman–Crippen MR) is 91.5 cm³/mol. The summed E-state index contributed by atoms with van der Waals surface area (Å²) in [6.45, 7) is 0.558. The highest BCUT2D eigenvalue weighted by Gasteiger charge is 2.08. The number of nitrogen functional groups attached to an aromatic ring is 1. The van der Waals surface area contributed by atoms with Gasteiger partial charge in [-0.1, -0.05) is 35.1 Å². The van der Waals surface area contributed by atoms with Gasteiger partial charge < -0.3 is 11.1 Å². The number of carbonyl (C=O) groups is 1. The van der Waals surface area contributed by atoms with Gasteiger partial charge in [0.15, 0.2) is 5.13 Å². The van der Waals surface area contributed by atoms with Crippen molar-refractivity contribution < 1.29 is 4.79 Å². The zero-order chi connectivity index (χ0) is 15.5. The molecular weight excluding hydrogens is 318 g/mol. The highest BCUT2D eigenvalue weighted by molar-refractivity contribution is 7.22. The van der Waals surface area contributed by atoms with Crippen LogP contribution in [0.2, 0.25) is 5.02 Å². The zero-order valence-electron chi connectivity index (χ0n) is 11.7. The van der Waals surface area contributed by atoms with Gasteiger partial charge in [-0.15, -0.1) is 0 Å². The standard InChI is InChI=1S/C16H14ClN3OS/c17-12-3-1-2-10(8-12)6-7-19-15(21)11-4-5-13-14(9-11)22-16(18)20-13/h1-5,8-9H,6-7H2,(H2,18,20)(H,19,21). The number of hydrogen-bond acceptors (Lipinski definition) is 4. The first-order valence-corrected chi connectivity index (χ1v) is 8.00. The van der Waals surface area contributed by atoms with Crippen molar-refractivity contribution in [3.63, 3.8) is 0 Å². The second-order valence-electron chi connectivity index (χ2n) is 4.87. The number of nitrogens with zero attached hydrogens (tertiary/aromatic N) is 1. The minimum Gasteiger partial charge on any atom is -0.375 e. The van der Waals surface area contributed by atoms with Gasteiger partial charge in [0.1, 0.15) is 0 Å². The normalized spacial score (nSPS) is 10.8. The Hall–Kier alpha value is -2.11. The molecule has 0 aliphatic rings. The van der Waals surface area contributed by atoms with Crippen molar-refractivity contribution >= 4 is 44.2 Å². The molecule has 0 atom stereocenters.